The van der Waals surface area contributed by atoms with Crippen molar-refractivity contribution in [1.82, 2.24) is 42.1 Å². The van der Waals surface area contributed by atoms with Gasteiger partial charge in [-0.1, -0.05) is 49.7 Å². The summed E-state index contributed by atoms with van der Waals surface area (Å²) in [6.07, 6.45) is -24.2. The minimum absolute atomic E-state index is 0.0778. The van der Waals surface area contributed by atoms with Crippen molar-refractivity contribution in [1.29, 1.82) is 0 Å². The number of fused-ring (bicyclic) bond motifs is 15. The first-order valence-electron chi connectivity index (χ1n) is 36.5. The van der Waals surface area contributed by atoms with Crippen molar-refractivity contribution in [3.8, 4) is 57.1 Å². The molecule has 40 nitrogen and oxygen atoms in total. The molecule has 0 saturated carbocycles. The molecule has 0 unspecified atom stereocenters. The monoisotopic (exact) mass is 1640 g/mol. The summed E-state index contributed by atoms with van der Waals surface area (Å²) in [6, 6.07) is -2.17. The second kappa shape index (κ2) is 34.4. The summed E-state index contributed by atoms with van der Waals surface area (Å²) in [6.45, 7) is 8.13. The number of aliphatic hydroxyl groups excluding tert-OH is 6. The highest BCUT2D eigenvalue weighted by atomic mass is 35.5. The zero-order chi connectivity index (χ0) is 84.8. The second-order valence-electron chi connectivity index (χ2n) is 30.2. The van der Waals surface area contributed by atoms with Gasteiger partial charge in [0.2, 0.25) is 53.4 Å². The van der Waals surface area contributed by atoms with Crippen molar-refractivity contribution in [2.75, 3.05) is 13.7 Å². The van der Waals surface area contributed by atoms with E-state index in [4.69, 9.17) is 72.4 Å². The van der Waals surface area contributed by atoms with Crippen LogP contribution in [-0.4, -0.2) is 232 Å². The molecule has 8 aliphatic heterocycles. The van der Waals surface area contributed by atoms with Gasteiger partial charge in [0, 0.05) is 48.2 Å². The highest BCUT2D eigenvalue weighted by molar-refractivity contribution is 6.32. The number of hydrogen-bond acceptors (Lipinski definition) is 28. The number of carbonyl (C=O) groups is 10. The molecule has 41 heteroatoms. The molecular weight excluding hydrogens is 1550 g/mol. The van der Waals surface area contributed by atoms with E-state index in [0.717, 1.165) is 65.6 Å². The van der Waals surface area contributed by atoms with Gasteiger partial charge in [0.1, 0.15) is 102 Å². The molecule has 11 bridgehead atoms. The Morgan fingerprint density at radius 1 is 0.681 bits per heavy atom. The number of nitrogens with two attached hydrogens (primary N) is 4. The first-order valence-corrected chi connectivity index (χ1v) is 36.9. The van der Waals surface area contributed by atoms with E-state index in [-0.39, 0.29) is 41.2 Å². The van der Waals surface area contributed by atoms with Crippen LogP contribution in [0.3, 0.4) is 0 Å². The molecule has 22 atom stereocenters. The molecule has 8 aliphatic rings. The van der Waals surface area contributed by atoms with Crippen LogP contribution in [0.25, 0.3) is 11.1 Å². The predicted octanol–water partition coefficient (Wildman–Crippen LogP) is -0.809. The number of hydrogen-bond donors (Lipinski definition) is 21. The maximum absolute atomic E-state index is 16.4. The van der Waals surface area contributed by atoms with Gasteiger partial charge in [-0.3, -0.25) is 33.6 Å². The number of phenolic OH excluding ortho intramolecular Hbond substituents is 3. The van der Waals surface area contributed by atoms with Gasteiger partial charge in [-0.05, 0) is 117 Å². The third-order valence-electron chi connectivity index (χ3n) is 20.9. The zero-order valence-electron chi connectivity index (χ0n) is 63.2. The van der Waals surface area contributed by atoms with Crippen molar-refractivity contribution >= 4 is 71.0 Å². The lowest BCUT2D eigenvalue weighted by Crippen LogP contribution is -2.66. The number of likely N-dealkylation sites (N-methyl/N-ethyl adjacent to an activating group) is 1. The summed E-state index contributed by atoms with van der Waals surface area (Å²) in [5, 5.41) is 132. The molecule has 116 heavy (non-hydrogen) atoms. The van der Waals surface area contributed by atoms with E-state index in [1.807, 2.05) is 0 Å². The number of aliphatic hydroxyl groups is 6. The Labute approximate surface area is 665 Å². The second-order valence-corrected chi connectivity index (χ2v) is 30.6. The summed E-state index contributed by atoms with van der Waals surface area (Å²) < 4.78 is 51.7. The Morgan fingerprint density at radius 3 is 1.92 bits per heavy atom. The van der Waals surface area contributed by atoms with Crippen LogP contribution >= 0.6 is 11.6 Å². The maximum atomic E-state index is 16.4. The molecule has 0 aliphatic carbocycles. The Kier molecular flexibility index (Phi) is 25.5. The van der Waals surface area contributed by atoms with Crippen LogP contribution < -0.4 is 74.4 Å². The molecule has 3 fully saturated rings. The normalized spacial score (nSPS) is 31.0. The number of benzene rings is 5. The van der Waals surface area contributed by atoms with Gasteiger partial charge < -0.3 is 154 Å². The fourth-order valence-electron chi connectivity index (χ4n) is 14.8. The number of carboxylic acids is 1. The molecule has 8 heterocycles. The van der Waals surface area contributed by atoms with E-state index in [9.17, 15) is 75.0 Å². The van der Waals surface area contributed by atoms with Crippen LogP contribution in [0.15, 0.2) is 84.9 Å². The highest BCUT2D eigenvalue weighted by Gasteiger charge is 2.53. The largest absolute Gasteiger partial charge is 0.508 e. The number of aliphatic carboxylic acids is 1. The summed E-state index contributed by atoms with van der Waals surface area (Å²) in [5.74, 6) is -16.8. The van der Waals surface area contributed by atoms with Crippen LogP contribution in [0.2, 0.25) is 5.02 Å². The Morgan fingerprint density at radius 2 is 1.30 bits per heavy atom. The summed E-state index contributed by atoms with van der Waals surface area (Å²) in [4.78, 5) is 146. The maximum Gasteiger partial charge on any atom is 0.330 e. The van der Waals surface area contributed by atoms with Crippen LogP contribution in [0.5, 0.6) is 46.0 Å². The average molecular weight is 1640 g/mol. The number of amides is 11. The first-order chi connectivity index (χ1) is 54.5. The van der Waals surface area contributed by atoms with Gasteiger partial charge in [-0.25, -0.2) is 14.4 Å². The molecule has 3 saturated heterocycles. The first kappa shape index (κ1) is 85.9. The highest BCUT2D eigenvalue weighted by Crippen LogP contribution is 2.50. The molecule has 0 spiro atoms. The molecular formula is C75H91ClN12O28. The standard InChI is InChI=1S/C75H91ClN12O28/c1-27(2)16-40(88(7)73(79)108)65(100)85-54-56(94)32-11-15-43(38(76)18-32)112-45-20-33-19-44(60(45)116-71-61(58(96)57(95)46(26-89)113-71)115-49-25-75(6,87-72(78)107)63(98)29(4)110-49)111-35-12-8-30(9-13-35)59(114-48-24-74(5,80)62(97)28(3)109-48)55-69(104)84-53(70(105)106)37-21-34(90)22-42(92)50(37)36-17-31(10-14-41(36)91)51(66(101)86-55)83-67(102)52(33)82-64(99)39(23-47(77)93)81-68(54)103/h8-15,17-22,27-29,39-40,46,48-49,51-59,61-63,71,89-92,94-98H,16,23-26,80H2,1-7H3,(H2,77,93)(H2,79,108)(H,81,103)(H,82,99)(H,83,102)(H,84,104)(H,85,100)(H,86,101)(H,105,106)(H3,78,87,107)/t28-,29-,39-,40+,46+,48-,49-,51+,52+,53-,54+,55-,56+,57+,58-,59+,61+,62-,63-,71-,74-,75-/m0/s1. The van der Waals surface area contributed by atoms with E-state index in [1.165, 1.54) is 59.0 Å². The topological polar surface area (TPSA) is 638 Å². The Balaban J connectivity index is 1.18. The van der Waals surface area contributed by atoms with Gasteiger partial charge in [-0.2, -0.15) is 0 Å². The Hall–Kier alpha value is -11.0. The molecule has 13 rings (SSSR count). The predicted molar refractivity (Wildman–Crippen MR) is 398 cm³/mol. The third kappa shape index (κ3) is 18.3. The number of phenols is 3. The number of carboxylic acid groups (broad SMARTS) is 1. The van der Waals surface area contributed by atoms with Crippen molar-refractivity contribution in [2.45, 2.75) is 201 Å². The van der Waals surface area contributed by atoms with Crippen molar-refractivity contribution in [2.24, 2.45) is 28.9 Å². The van der Waals surface area contributed by atoms with E-state index in [2.05, 4.69) is 37.2 Å². The number of nitrogens with zero attached hydrogens (tertiary/aromatic N) is 1. The molecule has 0 radical (unpaired) electrons. The van der Waals surface area contributed by atoms with Gasteiger partial charge in [0.05, 0.1) is 41.9 Å². The molecule has 5 aromatic carbocycles. The van der Waals surface area contributed by atoms with Crippen molar-refractivity contribution in [3.63, 3.8) is 0 Å². The SMILES string of the molecule is CC(C)C[C@H](C(=O)N[C@H]1C(=O)N[C@@H](CC(N)=O)C(=O)N[C@H]2C(=O)N[C@H]3C(=O)N[C@H](C(=O)N[C@H](C(=O)O)c4cc(O)cc(O)c4-c4cc3ccc4O)[C@H](O[C@H]3C[C@](C)(N)[C@@H](O)[C@H](C)O3)c3ccc(cc3)Oc3cc2cc(c3O[C@@H]2O[C@H](CO)[C@@H](O)[C@H](O)[C@H]2O[C@H]2C[C@](C)(NC(N)=O)[C@@H](O)[C@H](C)O2)Oc2ccc(cc2Cl)[C@H]1O)N(C)C(N)=O. The molecule has 0 aromatic heterocycles. The van der Waals surface area contributed by atoms with Gasteiger partial charge in [0.15, 0.2) is 36.2 Å². The lowest BCUT2D eigenvalue weighted by molar-refractivity contribution is -0.334. The fourth-order valence-corrected chi connectivity index (χ4v) is 15.0. The van der Waals surface area contributed by atoms with E-state index in [0.29, 0.717) is 0 Å². The van der Waals surface area contributed by atoms with Gasteiger partial charge in [-0.15, -0.1) is 0 Å². The van der Waals surface area contributed by atoms with Crippen LogP contribution in [-0.2, 0) is 62.0 Å². The zero-order valence-corrected chi connectivity index (χ0v) is 64.0. The minimum Gasteiger partial charge on any atom is -0.508 e. The number of aromatic hydroxyl groups is 3. The van der Waals surface area contributed by atoms with Crippen LogP contribution in [0, 0.1) is 5.92 Å². The number of carbonyl (C=O) groups excluding carboxylic acids is 9. The summed E-state index contributed by atoms with van der Waals surface area (Å²) >= 11 is 7.14. The van der Waals surface area contributed by atoms with E-state index >= 15 is 24.0 Å². The number of ether oxygens (including phenoxy) is 8. The smallest absolute Gasteiger partial charge is 0.330 e. The summed E-state index contributed by atoms with van der Waals surface area (Å²) in [7, 11) is 1.19. The van der Waals surface area contributed by atoms with Crippen molar-refractivity contribution < 1.29 is 137 Å². The van der Waals surface area contributed by atoms with E-state index in [1.54, 1.807) is 13.8 Å². The minimum atomic E-state index is -2.42. The van der Waals surface area contributed by atoms with Crippen LogP contribution in [0.1, 0.15) is 125 Å². The lowest BCUT2D eigenvalue weighted by Gasteiger charge is -2.48. The fraction of sp³-hybridized carbons (Fsp3) is 0.467. The number of urea groups is 2. The molecule has 11 amide bonds. The van der Waals surface area contributed by atoms with Crippen molar-refractivity contribution in [3.05, 3.63) is 118 Å². The number of primary amides is 3. The number of nitrogens with one attached hydrogen (secondary N) is 7. The third-order valence-corrected chi connectivity index (χ3v) is 21.2. The Bertz CT molecular complexity index is 4640. The average Bonchev–Trinajstić information content (AvgIpc) is 0.763. The lowest BCUT2D eigenvalue weighted by atomic mass is 9.85. The van der Waals surface area contributed by atoms with Gasteiger partial charge >= 0.3 is 18.0 Å². The summed E-state index contributed by atoms with van der Waals surface area (Å²) in [5.41, 5.74) is 17.7. The van der Waals surface area contributed by atoms with Crippen LogP contribution in [0.4, 0.5) is 9.59 Å². The van der Waals surface area contributed by atoms with E-state index < -0.39 is 280 Å². The molecule has 25 N–H and O–H groups in total. The van der Waals surface area contributed by atoms with Gasteiger partial charge in [0.25, 0.3) is 0 Å². The number of rotatable bonds is 16. The number of halogens is 1. The quantitative estimate of drug-likeness (QED) is 0.0574. The molecule has 5 aromatic rings. The molecule has 626 valence electrons.